The van der Waals surface area contributed by atoms with E-state index in [-0.39, 0.29) is 11.8 Å². The lowest BCUT2D eigenvalue weighted by atomic mass is 9.90. The molecule has 0 aliphatic heterocycles. The summed E-state index contributed by atoms with van der Waals surface area (Å²) in [5.41, 5.74) is 4.79. The fourth-order valence-corrected chi connectivity index (χ4v) is 4.66. The van der Waals surface area contributed by atoms with Gasteiger partial charge in [0.25, 0.3) is 5.91 Å². The van der Waals surface area contributed by atoms with Gasteiger partial charge in [-0.1, -0.05) is 18.2 Å². The van der Waals surface area contributed by atoms with E-state index in [4.69, 9.17) is 0 Å². The number of aryl methyl sites for hydroxylation is 2. The molecule has 2 amide bonds. The van der Waals surface area contributed by atoms with Gasteiger partial charge in [0.15, 0.2) is 5.13 Å². The first-order valence-electron chi connectivity index (χ1n) is 9.33. The minimum atomic E-state index is -0.648. The van der Waals surface area contributed by atoms with E-state index in [2.05, 4.69) is 33.8 Å². The Hall–Kier alpha value is -2.51. The summed E-state index contributed by atoms with van der Waals surface area (Å²) >= 11 is 2.74. The molecule has 1 atom stereocenters. The quantitative estimate of drug-likeness (QED) is 0.649. The van der Waals surface area contributed by atoms with Gasteiger partial charge in [-0.25, -0.2) is 4.98 Å². The first-order chi connectivity index (χ1) is 13.6. The number of nitrogens with one attached hydrogen (secondary N) is 2. The largest absolute Gasteiger partial charge is 0.340 e. The maximum Gasteiger partial charge on any atom is 0.261 e. The van der Waals surface area contributed by atoms with Crippen LogP contribution in [0.25, 0.3) is 11.3 Å². The Kier molecular flexibility index (Phi) is 5.54. The maximum absolute atomic E-state index is 12.4. The van der Waals surface area contributed by atoms with Crippen LogP contribution in [-0.4, -0.2) is 22.8 Å². The number of benzene rings is 1. The molecule has 2 aromatic heterocycles. The van der Waals surface area contributed by atoms with Gasteiger partial charge in [0.1, 0.15) is 6.04 Å². The van der Waals surface area contributed by atoms with Gasteiger partial charge >= 0.3 is 0 Å². The topological polar surface area (TPSA) is 71.1 Å². The van der Waals surface area contributed by atoms with E-state index in [1.165, 1.54) is 46.6 Å². The predicted octanol–water partition coefficient (Wildman–Crippen LogP) is 4.51. The summed E-state index contributed by atoms with van der Waals surface area (Å²) in [5, 5.41) is 9.83. The van der Waals surface area contributed by atoms with Crippen molar-refractivity contribution in [1.82, 2.24) is 10.3 Å². The van der Waals surface area contributed by atoms with Crippen molar-refractivity contribution in [3.8, 4) is 11.3 Å². The second kappa shape index (κ2) is 8.24. The highest BCUT2D eigenvalue weighted by molar-refractivity contribution is 7.14. The molecule has 1 aromatic carbocycles. The molecule has 0 spiro atoms. The maximum atomic E-state index is 12.4. The first kappa shape index (κ1) is 18.8. The number of hydrogen-bond acceptors (Lipinski definition) is 5. The monoisotopic (exact) mass is 411 g/mol. The van der Waals surface area contributed by atoms with Crippen LogP contribution in [0.2, 0.25) is 0 Å². The van der Waals surface area contributed by atoms with E-state index in [9.17, 15) is 9.59 Å². The minimum absolute atomic E-state index is 0.244. The average Bonchev–Trinajstić information content (AvgIpc) is 3.40. The fraction of sp³-hybridized carbons (Fsp3) is 0.286. The zero-order valence-corrected chi connectivity index (χ0v) is 17.2. The van der Waals surface area contributed by atoms with Crippen LogP contribution >= 0.6 is 22.7 Å². The lowest BCUT2D eigenvalue weighted by Gasteiger charge is -2.16. The minimum Gasteiger partial charge on any atom is -0.340 e. The van der Waals surface area contributed by atoms with E-state index in [1.807, 2.05) is 16.8 Å². The number of carbonyl (C=O) groups is 2. The van der Waals surface area contributed by atoms with Crippen molar-refractivity contribution in [3.05, 3.63) is 57.1 Å². The van der Waals surface area contributed by atoms with Crippen molar-refractivity contribution in [2.45, 2.75) is 38.6 Å². The van der Waals surface area contributed by atoms with Crippen molar-refractivity contribution >= 4 is 39.6 Å². The van der Waals surface area contributed by atoms with Crippen molar-refractivity contribution in [1.29, 1.82) is 0 Å². The summed E-state index contributed by atoms with van der Waals surface area (Å²) in [5.74, 6) is -0.525. The second-order valence-electron chi connectivity index (χ2n) is 6.89. The van der Waals surface area contributed by atoms with Gasteiger partial charge in [0.2, 0.25) is 5.91 Å². The van der Waals surface area contributed by atoms with E-state index >= 15 is 0 Å². The summed E-state index contributed by atoms with van der Waals surface area (Å²) < 4.78 is 0. The molecule has 1 aliphatic rings. The Bertz CT molecular complexity index is 995. The molecule has 0 bridgehead atoms. The van der Waals surface area contributed by atoms with Gasteiger partial charge in [0, 0.05) is 10.9 Å². The van der Waals surface area contributed by atoms with Crippen LogP contribution < -0.4 is 10.6 Å². The molecule has 3 aromatic rings. The number of hydrogen-bond donors (Lipinski definition) is 2. The van der Waals surface area contributed by atoms with Crippen molar-refractivity contribution in [2.24, 2.45) is 0 Å². The summed E-state index contributed by atoms with van der Waals surface area (Å²) in [6.45, 7) is 1.67. The van der Waals surface area contributed by atoms with Gasteiger partial charge in [-0.2, -0.15) is 0 Å². The fourth-order valence-electron chi connectivity index (χ4n) is 3.31. The highest BCUT2D eigenvalue weighted by atomic mass is 32.1. The Morgan fingerprint density at radius 1 is 1.11 bits per heavy atom. The molecule has 0 saturated carbocycles. The van der Waals surface area contributed by atoms with Gasteiger partial charge in [0.05, 0.1) is 10.6 Å². The van der Waals surface area contributed by atoms with Crippen LogP contribution in [0, 0.1) is 0 Å². The molecule has 0 radical (unpaired) electrons. The lowest BCUT2D eigenvalue weighted by molar-refractivity contribution is -0.117. The Morgan fingerprint density at radius 2 is 1.93 bits per heavy atom. The van der Waals surface area contributed by atoms with Crippen molar-refractivity contribution in [3.63, 3.8) is 0 Å². The number of nitrogens with zero attached hydrogens (tertiary/aromatic N) is 1. The molecule has 5 nitrogen and oxygen atoms in total. The molecule has 1 aliphatic carbocycles. The number of aromatic nitrogens is 1. The standard InChI is InChI=1S/C21H21N3O2S2/c1-13(22-20(26)18-7-4-10-27-18)19(25)24-21-23-17(12-28-21)16-9-8-14-5-2-3-6-15(14)11-16/h4,7-13H,2-3,5-6H2,1H3,(H,22,26)(H,23,24,25). The summed E-state index contributed by atoms with van der Waals surface area (Å²) in [6.07, 6.45) is 4.78. The van der Waals surface area contributed by atoms with E-state index in [1.54, 1.807) is 13.0 Å². The number of thiophene rings is 1. The van der Waals surface area contributed by atoms with Crippen molar-refractivity contribution in [2.75, 3.05) is 5.32 Å². The Labute approximate surface area is 171 Å². The Morgan fingerprint density at radius 3 is 2.71 bits per heavy atom. The predicted molar refractivity (Wildman–Crippen MR) is 114 cm³/mol. The molecular formula is C21H21N3O2S2. The molecule has 0 saturated heterocycles. The normalized spacial score (nSPS) is 14.2. The molecular weight excluding hydrogens is 390 g/mol. The smallest absolute Gasteiger partial charge is 0.261 e. The number of rotatable bonds is 5. The third kappa shape index (κ3) is 4.15. The second-order valence-corrected chi connectivity index (χ2v) is 8.70. The summed E-state index contributed by atoms with van der Waals surface area (Å²) in [7, 11) is 0. The summed E-state index contributed by atoms with van der Waals surface area (Å²) in [4.78, 5) is 29.6. The van der Waals surface area contributed by atoms with E-state index in [0.717, 1.165) is 24.1 Å². The molecule has 0 fully saturated rings. The third-order valence-electron chi connectivity index (χ3n) is 4.86. The SMILES string of the molecule is CC(NC(=O)c1cccs1)C(=O)Nc1nc(-c2ccc3c(c2)CCCC3)cs1. The molecule has 4 rings (SSSR count). The molecule has 2 N–H and O–H groups in total. The zero-order chi connectivity index (χ0) is 19.5. The number of thiazole rings is 1. The first-order valence-corrected chi connectivity index (χ1v) is 11.1. The summed E-state index contributed by atoms with van der Waals surface area (Å²) in [6, 6.07) is 9.42. The Balaban J connectivity index is 1.40. The average molecular weight is 412 g/mol. The van der Waals surface area contributed by atoms with Gasteiger partial charge in [-0.3, -0.25) is 9.59 Å². The molecule has 28 heavy (non-hydrogen) atoms. The molecule has 144 valence electrons. The van der Waals surface area contributed by atoms with Crippen LogP contribution in [0.3, 0.4) is 0 Å². The number of anilines is 1. The third-order valence-corrected chi connectivity index (χ3v) is 6.49. The number of amides is 2. The van der Waals surface area contributed by atoms with Crippen LogP contribution in [-0.2, 0) is 17.6 Å². The number of fused-ring (bicyclic) bond motifs is 1. The molecule has 2 heterocycles. The molecule has 1 unspecified atom stereocenters. The van der Waals surface area contributed by atoms with Crippen LogP contribution in [0.1, 0.15) is 40.6 Å². The number of carbonyl (C=O) groups excluding carboxylic acids is 2. The van der Waals surface area contributed by atoms with Gasteiger partial charge < -0.3 is 10.6 Å². The molecule has 7 heteroatoms. The van der Waals surface area contributed by atoms with Gasteiger partial charge in [-0.15, -0.1) is 22.7 Å². The zero-order valence-electron chi connectivity index (χ0n) is 15.5. The van der Waals surface area contributed by atoms with E-state index in [0.29, 0.717) is 10.0 Å². The van der Waals surface area contributed by atoms with Gasteiger partial charge in [-0.05, 0) is 61.2 Å². The van der Waals surface area contributed by atoms with Crippen LogP contribution in [0.15, 0.2) is 41.1 Å². The highest BCUT2D eigenvalue weighted by Crippen LogP contribution is 2.29. The van der Waals surface area contributed by atoms with Crippen molar-refractivity contribution < 1.29 is 9.59 Å². The van der Waals surface area contributed by atoms with Crippen LogP contribution in [0.4, 0.5) is 5.13 Å². The van der Waals surface area contributed by atoms with Crippen LogP contribution in [0.5, 0.6) is 0 Å². The highest BCUT2D eigenvalue weighted by Gasteiger charge is 2.19. The lowest BCUT2D eigenvalue weighted by Crippen LogP contribution is -2.41. The van der Waals surface area contributed by atoms with E-state index < -0.39 is 6.04 Å².